The summed E-state index contributed by atoms with van der Waals surface area (Å²) in [5.74, 6) is 0.857. The van der Waals surface area contributed by atoms with Crippen LogP contribution < -0.4 is 15.1 Å². The summed E-state index contributed by atoms with van der Waals surface area (Å²) in [4.78, 5) is 1.68. The van der Waals surface area contributed by atoms with Crippen LogP contribution in [0.15, 0.2) is 91.0 Å². The molecule has 0 saturated carbocycles. The Hall–Kier alpha value is -1.43. The minimum absolute atomic E-state index is 0.857. The monoisotopic (exact) mass is 501 g/mol. The van der Waals surface area contributed by atoms with Gasteiger partial charge in [0.2, 0.25) is 0 Å². The van der Waals surface area contributed by atoms with Crippen LogP contribution in [0.3, 0.4) is 0 Å². The van der Waals surface area contributed by atoms with Crippen LogP contribution in [0, 0.1) is 0 Å². The van der Waals surface area contributed by atoms with Crippen molar-refractivity contribution in [2.75, 3.05) is 19.6 Å². The second-order valence-corrected chi connectivity index (χ2v) is 17.8. The first-order valence-electron chi connectivity index (χ1n) is 10.0. The van der Waals surface area contributed by atoms with Crippen molar-refractivity contribution >= 4 is 34.4 Å². The molecule has 3 aromatic carbocycles. The third-order valence-corrected chi connectivity index (χ3v) is 16.3. The molecule has 0 aliphatic carbocycles. The minimum atomic E-state index is -3.55. The quantitative estimate of drug-likeness (QED) is 0.396. The summed E-state index contributed by atoms with van der Waals surface area (Å²) in [7, 11) is 6.10. The van der Waals surface area contributed by atoms with E-state index in [1.165, 1.54) is 19.6 Å². The molecule has 3 rings (SSSR count). The van der Waals surface area contributed by atoms with Crippen LogP contribution in [-0.2, 0) is 9.81 Å². The summed E-state index contributed by atoms with van der Waals surface area (Å²) in [6.07, 6.45) is 0. The fraction of sp³-hybridized carbons (Fsp3) is 0.250. The first-order valence-corrected chi connectivity index (χ1v) is 17.9. The summed E-state index contributed by atoms with van der Waals surface area (Å²) in [5, 5.41) is 0. The number of hydrogen-bond donors (Lipinski definition) is 1. The molecule has 0 spiro atoms. The maximum absolute atomic E-state index is 6.40. The zero-order chi connectivity index (χ0) is 20.2. The Bertz CT molecular complexity index is 734. The standard InChI is InChI=1S/C6H15N.C6H6O.2C6H5.S.Sn/c1-4-7(5-2)6-3;7-6-4-2-1-3-5-6;2*1-2-4-6-5-3-1;;/h4-6H2,1-3H3;1-5,7H;2*1-5H;;/q;;;;-1;+1. The zero-order valence-corrected chi connectivity index (χ0v) is 20.8. The van der Waals surface area contributed by atoms with E-state index in [0.29, 0.717) is 0 Å². The summed E-state index contributed by atoms with van der Waals surface area (Å²) in [5.41, 5.74) is 0. The number of benzene rings is 3. The van der Waals surface area contributed by atoms with E-state index in [1.807, 2.05) is 66.7 Å². The third kappa shape index (κ3) is 6.57. The van der Waals surface area contributed by atoms with E-state index < -0.39 is 17.4 Å². The van der Waals surface area contributed by atoms with Crippen molar-refractivity contribution in [3.05, 3.63) is 91.0 Å². The van der Waals surface area contributed by atoms with Crippen LogP contribution in [0.25, 0.3) is 0 Å². The van der Waals surface area contributed by atoms with Gasteiger partial charge in [-0.1, -0.05) is 0 Å². The molecule has 28 heavy (non-hydrogen) atoms. The molecule has 148 valence electrons. The molecule has 0 radical (unpaired) electrons. The van der Waals surface area contributed by atoms with Crippen molar-refractivity contribution in [3.8, 4) is 5.75 Å². The van der Waals surface area contributed by atoms with E-state index in [1.54, 1.807) is 4.90 Å². The second kappa shape index (κ2) is 12.2. The van der Waals surface area contributed by atoms with E-state index in [2.05, 4.69) is 45.0 Å². The summed E-state index contributed by atoms with van der Waals surface area (Å²) in [6.45, 7) is 10.5. The maximum atomic E-state index is 6.40. The van der Waals surface area contributed by atoms with Gasteiger partial charge < -0.3 is 4.90 Å². The van der Waals surface area contributed by atoms with E-state index in [0.717, 1.165) is 12.9 Å². The molecule has 1 N–H and O–H groups in total. The van der Waals surface area contributed by atoms with Crippen LogP contribution in [0.5, 0.6) is 5.75 Å². The Morgan fingerprint density at radius 3 is 1.32 bits per heavy atom. The zero-order valence-electron chi connectivity index (χ0n) is 17.1. The Morgan fingerprint density at radius 2 is 1.00 bits per heavy atom. The molecule has 0 bridgehead atoms. The Balaban J connectivity index is 0.000000345. The Morgan fingerprint density at radius 1 is 0.643 bits per heavy atom. The molecule has 0 amide bonds. The molecule has 3 aromatic rings. The molecule has 4 heteroatoms. The average Bonchev–Trinajstić information content (AvgIpc) is 2.77. The number of nitrogens with one attached hydrogen (secondary N) is 1. The second-order valence-electron chi connectivity index (χ2n) is 6.57. The fourth-order valence-electron chi connectivity index (χ4n) is 3.00. The first-order chi connectivity index (χ1) is 13.6. The van der Waals surface area contributed by atoms with Crippen LogP contribution in [-0.4, -0.2) is 37.0 Å². The van der Waals surface area contributed by atoms with Gasteiger partial charge in [0.05, 0.1) is 19.6 Å². The van der Waals surface area contributed by atoms with Crippen LogP contribution in [0.2, 0.25) is 0 Å². The average molecular weight is 500 g/mol. The van der Waals surface area contributed by atoms with Gasteiger partial charge in [-0.25, -0.2) is 0 Å². The summed E-state index contributed by atoms with van der Waals surface area (Å²) in [6, 6.07) is 30.4. The van der Waals surface area contributed by atoms with Gasteiger partial charge in [0, 0.05) is 0 Å². The fourth-order valence-corrected chi connectivity index (χ4v) is 12.0. The van der Waals surface area contributed by atoms with Crippen LogP contribution in [0.1, 0.15) is 20.8 Å². The molecular weight excluding hydrogens is 469 g/mol. The summed E-state index contributed by atoms with van der Waals surface area (Å²) >= 11 is -3.55. The predicted molar refractivity (Wildman–Crippen MR) is 125 cm³/mol. The van der Waals surface area contributed by atoms with Gasteiger partial charge >= 0.3 is 134 Å². The van der Waals surface area contributed by atoms with Crippen molar-refractivity contribution in [1.82, 2.24) is 0 Å². The number of hydrogen-bond acceptors (Lipinski definition) is 2. The molecule has 0 aliphatic heterocycles. The van der Waals surface area contributed by atoms with Crippen molar-refractivity contribution in [3.63, 3.8) is 0 Å². The van der Waals surface area contributed by atoms with E-state index >= 15 is 0 Å². The normalized spacial score (nSPS) is 10.9. The summed E-state index contributed by atoms with van der Waals surface area (Å²) < 4.78 is 8.73. The van der Waals surface area contributed by atoms with Crippen LogP contribution in [0.4, 0.5) is 0 Å². The van der Waals surface area contributed by atoms with Crippen molar-refractivity contribution in [2.24, 2.45) is 0 Å². The van der Waals surface area contributed by atoms with E-state index in [-0.39, 0.29) is 0 Å². The number of para-hydroxylation sites is 1. The van der Waals surface area contributed by atoms with Crippen molar-refractivity contribution in [2.45, 2.75) is 20.8 Å². The van der Waals surface area contributed by atoms with Gasteiger partial charge in [0.15, 0.2) is 0 Å². The van der Waals surface area contributed by atoms with E-state index in [9.17, 15) is 0 Å². The predicted octanol–water partition coefficient (Wildman–Crippen LogP) is 2.80. The van der Waals surface area contributed by atoms with Gasteiger partial charge in [-0.3, -0.25) is 0 Å². The van der Waals surface area contributed by atoms with Gasteiger partial charge in [0.25, 0.3) is 0 Å². The number of rotatable bonds is 7. The van der Waals surface area contributed by atoms with Crippen molar-refractivity contribution in [1.29, 1.82) is 0 Å². The molecule has 0 atom stereocenters. The van der Waals surface area contributed by atoms with Gasteiger partial charge in [-0.2, -0.15) is 0 Å². The molecule has 0 aliphatic rings. The SMILES string of the molecule is CC[NH+](CC)CC.[S-][Sn]([O]c1ccccc1)([c]1ccccc1)[c]1ccccc1. The number of quaternary nitrogens is 1. The first kappa shape index (κ1) is 22.9. The van der Waals surface area contributed by atoms with Gasteiger partial charge in [0.1, 0.15) is 0 Å². The molecule has 0 saturated heterocycles. The van der Waals surface area contributed by atoms with Crippen molar-refractivity contribution < 1.29 is 7.97 Å². The third-order valence-electron chi connectivity index (χ3n) is 4.81. The molecular formula is C24H31NOSSn. The van der Waals surface area contributed by atoms with E-state index in [4.69, 9.17) is 12.9 Å². The van der Waals surface area contributed by atoms with Crippen LogP contribution >= 0.6 is 0 Å². The molecule has 0 heterocycles. The molecule has 0 unspecified atom stereocenters. The Kier molecular flexibility index (Phi) is 9.96. The molecule has 0 aromatic heterocycles. The Labute approximate surface area is 178 Å². The van der Waals surface area contributed by atoms with Gasteiger partial charge in [-0.15, -0.1) is 0 Å². The molecule has 0 fully saturated rings. The van der Waals surface area contributed by atoms with Gasteiger partial charge in [-0.05, 0) is 20.8 Å². The molecule has 2 nitrogen and oxygen atoms in total. The topological polar surface area (TPSA) is 13.7 Å².